The van der Waals surface area contributed by atoms with Gasteiger partial charge >= 0.3 is 0 Å². The summed E-state index contributed by atoms with van der Waals surface area (Å²) in [5, 5.41) is 3.72. The van der Waals surface area contributed by atoms with Crippen molar-refractivity contribution in [1.29, 1.82) is 0 Å². The number of halogens is 1. The van der Waals surface area contributed by atoms with Gasteiger partial charge in [-0.15, -0.1) is 0 Å². The summed E-state index contributed by atoms with van der Waals surface area (Å²) in [6, 6.07) is 0. The standard InChI is InChI=1S/C10H14ClN3/c1-2-10(3-4-10)7-14-9-8(11)12-5-6-13-9/h5-6H,2-4,7H2,1H3,(H,13,14). The topological polar surface area (TPSA) is 37.8 Å². The lowest BCUT2D eigenvalue weighted by Gasteiger charge is -2.13. The molecule has 0 amide bonds. The van der Waals surface area contributed by atoms with E-state index in [4.69, 9.17) is 11.6 Å². The van der Waals surface area contributed by atoms with Crippen molar-refractivity contribution in [3.63, 3.8) is 0 Å². The molecule has 4 heteroatoms. The van der Waals surface area contributed by atoms with E-state index in [2.05, 4.69) is 22.2 Å². The van der Waals surface area contributed by atoms with Crippen molar-refractivity contribution in [2.45, 2.75) is 26.2 Å². The van der Waals surface area contributed by atoms with Gasteiger partial charge in [0.05, 0.1) is 0 Å². The second-order valence-corrected chi connectivity index (χ2v) is 4.26. The molecule has 0 aliphatic heterocycles. The van der Waals surface area contributed by atoms with E-state index in [0.29, 0.717) is 16.4 Å². The van der Waals surface area contributed by atoms with E-state index in [1.165, 1.54) is 19.3 Å². The van der Waals surface area contributed by atoms with Crippen LogP contribution in [0.25, 0.3) is 0 Å². The Kier molecular flexibility index (Phi) is 2.59. The summed E-state index contributed by atoms with van der Waals surface area (Å²) in [7, 11) is 0. The van der Waals surface area contributed by atoms with Crippen molar-refractivity contribution in [2.75, 3.05) is 11.9 Å². The molecule has 1 aromatic rings. The zero-order valence-corrected chi connectivity index (χ0v) is 9.01. The maximum atomic E-state index is 5.88. The highest BCUT2D eigenvalue weighted by Gasteiger charge is 2.40. The Bertz CT molecular complexity index is 323. The lowest BCUT2D eigenvalue weighted by Crippen LogP contribution is -2.15. The van der Waals surface area contributed by atoms with Gasteiger partial charge in [0, 0.05) is 18.9 Å². The van der Waals surface area contributed by atoms with Gasteiger partial charge in [0.25, 0.3) is 0 Å². The van der Waals surface area contributed by atoms with Gasteiger partial charge in [0.15, 0.2) is 11.0 Å². The summed E-state index contributed by atoms with van der Waals surface area (Å²) < 4.78 is 0. The van der Waals surface area contributed by atoms with Crippen LogP contribution in [0.2, 0.25) is 5.15 Å². The molecular weight excluding hydrogens is 198 g/mol. The lowest BCUT2D eigenvalue weighted by molar-refractivity contribution is 0.520. The van der Waals surface area contributed by atoms with Crippen molar-refractivity contribution in [1.82, 2.24) is 9.97 Å². The number of nitrogens with zero attached hydrogens (tertiary/aromatic N) is 2. The summed E-state index contributed by atoms with van der Waals surface area (Å²) in [6.45, 7) is 3.19. The number of aromatic nitrogens is 2. The summed E-state index contributed by atoms with van der Waals surface area (Å²) in [6.07, 6.45) is 7.10. The van der Waals surface area contributed by atoms with E-state index >= 15 is 0 Å². The average Bonchev–Trinajstić information content (AvgIpc) is 2.98. The van der Waals surface area contributed by atoms with E-state index in [9.17, 15) is 0 Å². The van der Waals surface area contributed by atoms with Crippen molar-refractivity contribution in [3.8, 4) is 0 Å². The Balaban J connectivity index is 1.95. The molecule has 0 saturated heterocycles. The zero-order valence-electron chi connectivity index (χ0n) is 8.26. The van der Waals surface area contributed by atoms with Crippen molar-refractivity contribution >= 4 is 17.4 Å². The van der Waals surface area contributed by atoms with Crippen LogP contribution >= 0.6 is 11.6 Å². The summed E-state index contributed by atoms with van der Waals surface area (Å²) in [4.78, 5) is 8.10. The minimum Gasteiger partial charge on any atom is -0.367 e. The smallest absolute Gasteiger partial charge is 0.171 e. The van der Waals surface area contributed by atoms with E-state index in [0.717, 1.165) is 6.54 Å². The number of anilines is 1. The Morgan fingerprint density at radius 1 is 1.43 bits per heavy atom. The molecule has 3 nitrogen and oxygen atoms in total. The van der Waals surface area contributed by atoms with Crippen LogP contribution in [0, 0.1) is 5.41 Å². The van der Waals surface area contributed by atoms with E-state index < -0.39 is 0 Å². The van der Waals surface area contributed by atoms with Crippen LogP contribution in [-0.2, 0) is 0 Å². The Morgan fingerprint density at radius 2 is 2.14 bits per heavy atom. The van der Waals surface area contributed by atoms with E-state index in [-0.39, 0.29) is 0 Å². The third kappa shape index (κ3) is 1.98. The van der Waals surface area contributed by atoms with Crippen LogP contribution in [0.4, 0.5) is 5.82 Å². The predicted molar refractivity (Wildman–Crippen MR) is 57.5 cm³/mol. The van der Waals surface area contributed by atoms with Gasteiger partial charge in [-0.1, -0.05) is 18.5 Å². The Labute approximate surface area is 88.9 Å². The highest BCUT2D eigenvalue weighted by atomic mass is 35.5. The van der Waals surface area contributed by atoms with Crippen LogP contribution in [0.1, 0.15) is 26.2 Å². The molecule has 2 rings (SSSR count). The van der Waals surface area contributed by atoms with Crippen LogP contribution in [0.15, 0.2) is 12.4 Å². The fourth-order valence-electron chi connectivity index (χ4n) is 1.54. The summed E-state index contributed by atoms with van der Waals surface area (Å²) >= 11 is 5.88. The highest BCUT2D eigenvalue weighted by molar-refractivity contribution is 6.31. The second-order valence-electron chi connectivity index (χ2n) is 3.90. The molecule has 1 saturated carbocycles. The first-order valence-corrected chi connectivity index (χ1v) is 5.34. The van der Waals surface area contributed by atoms with Crippen molar-refractivity contribution in [3.05, 3.63) is 17.5 Å². The largest absolute Gasteiger partial charge is 0.367 e. The molecule has 1 N–H and O–H groups in total. The van der Waals surface area contributed by atoms with Gasteiger partial charge in [0.1, 0.15) is 0 Å². The first kappa shape index (κ1) is 9.71. The third-order valence-electron chi connectivity index (χ3n) is 2.99. The van der Waals surface area contributed by atoms with Gasteiger partial charge in [-0.05, 0) is 24.7 Å². The molecule has 1 fully saturated rings. The Morgan fingerprint density at radius 3 is 2.71 bits per heavy atom. The van der Waals surface area contributed by atoms with Crippen LogP contribution < -0.4 is 5.32 Å². The Hall–Kier alpha value is -0.830. The number of nitrogens with one attached hydrogen (secondary N) is 1. The van der Waals surface area contributed by atoms with Crippen molar-refractivity contribution < 1.29 is 0 Å². The van der Waals surface area contributed by atoms with Crippen LogP contribution in [0.3, 0.4) is 0 Å². The molecule has 1 aromatic heterocycles. The molecule has 76 valence electrons. The molecule has 0 aromatic carbocycles. The predicted octanol–water partition coefficient (Wildman–Crippen LogP) is 2.73. The molecule has 0 unspecified atom stereocenters. The fraction of sp³-hybridized carbons (Fsp3) is 0.600. The monoisotopic (exact) mass is 211 g/mol. The average molecular weight is 212 g/mol. The second kappa shape index (κ2) is 3.73. The number of hydrogen-bond donors (Lipinski definition) is 1. The lowest BCUT2D eigenvalue weighted by atomic mass is 10.0. The molecule has 0 bridgehead atoms. The molecule has 0 radical (unpaired) electrons. The van der Waals surface area contributed by atoms with Gasteiger partial charge < -0.3 is 5.32 Å². The molecule has 0 spiro atoms. The maximum absolute atomic E-state index is 5.88. The molecule has 0 atom stereocenters. The molecule has 1 aliphatic carbocycles. The number of rotatable bonds is 4. The quantitative estimate of drug-likeness (QED) is 0.832. The number of hydrogen-bond acceptors (Lipinski definition) is 3. The molecule has 1 aliphatic rings. The van der Waals surface area contributed by atoms with E-state index in [1.807, 2.05) is 0 Å². The molecule has 1 heterocycles. The van der Waals surface area contributed by atoms with E-state index in [1.54, 1.807) is 12.4 Å². The van der Waals surface area contributed by atoms with Gasteiger partial charge in [-0.2, -0.15) is 0 Å². The summed E-state index contributed by atoms with van der Waals surface area (Å²) in [5.41, 5.74) is 0.501. The van der Waals surface area contributed by atoms with Crippen molar-refractivity contribution in [2.24, 2.45) is 5.41 Å². The van der Waals surface area contributed by atoms with Gasteiger partial charge in [-0.25, -0.2) is 9.97 Å². The highest BCUT2D eigenvalue weighted by Crippen LogP contribution is 2.48. The van der Waals surface area contributed by atoms with Gasteiger partial charge in [-0.3, -0.25) is 0 Å². The first-order valence-electron chi connectivity index (χ1n) is 4.96. The van der Waals surface area contributed by atoms with Crippen LogP contribution in [0.5, 0.6) is 0 Å². The third-order valence-corrected chi connectivity index (χ3v) is 3.27. The minimum absolute atomic E-state index is 0.458. The molecular formula is C10H14ClN3. The first-order chi connectivity index (χ1) is 6.76. The fourth-order valence-corrected chi connectivity index (χ4v) is 1.71. The minimum atomic E-state index is 0.458. The van der Waals surface area contributed by atoms with Gasteiger partial charge in [0.2, 0.25) is 0 Å². The van der Waals surface area contributed by atoms with Crippen LogP contribution in [-0.4, -0.2) is 16.5 Å². The SMILES string of the molecule is CCC1(CNc2nccnc2Cl)CC1. The normalized spacial score (nSPS) is 17.9. The maximum Gasteiger partial charge on any atom is 0.171 e. The summed E-state index contributed by atoms with van der Waals surface area (Å²) in [5.74, 6) is 0.703. The molecule has 14 heavy (non-hydrogen) atoms. The zero-order chi connectivity index (χ0) is 10.0.